The summed E-state index contributed by atoms with van der Waals surface area (Å²) >= 11 is 0. The van der Waals surface area contributed by atoms with E-state index in [4.69, 9.17) is 4.42 Å². The second-order valence-corrected chi connectivity index (χ2v) is 5.13. The van der Waals surface area contributed by atoms with Crippen LogP contribution in [0.1, 0.15) is 41.6 Å². The molecule has 1 amide bonds. The van der Waals surface area contributed by atoms with E-state index in [1.165, 1.54) is 0 Å². The third kappa shape index (κ3) is 3.59. The summed E-state index contributed by atoms with van der Waals surface area (Å²) in [5.74, 6) is 1.78. The molecule has 0 aliphatic carbocycles. The topological polar surface area (TPSA) is 88.0 Å². The Morgan fingerprint density at radius 1 is 1.38 bits per heavy atom. The predicted molar refractivity (Wildman–Crippen MR) is 78.0 cm³/mol. The SMILES string of the molecule is Cc1nc(C)c(CC(=O)N[C@H](C)c2ccc(C)o2)c(=O)[nH]1. The third-order valence-corrected chi connectivity index (χ3v) is 3.24. The number of aromatic nitrogens is 2. The molecule has 0 fully saturated rings. The molecule has 2 N–H and O–H groups in total. The minimum absolute atomic E-state index is 0.00151. The molecular formula is C15H19N3O3. The molecule has 0 aromatic carbocycles. The normalized spacial score (nSPS) is 12.2. The van der Waals surface area contributed by atoms with Crippen LogP contribution < -0.4 is 10.9 Å². The molecule has 0 bridgehead atoms. The zero-order chi connectivity index (χ0) is 15.6. The number of amides is 1. The van der Waals surface area contributed by atoms with Gasteiger partial charge in [0.15, 0.2) is 0 Å². The molecule has 6 heteroatoms. The maximum absolute atomic E-state index is 12.1. The number of hydrogen-bond donors (Lipinski definition) is 2. The summed E-state index contributed by atoms with van der Waals surface area (Å²) in [6, 6.07) is 3.42. The lowest BCUT2D eigenvalue weighted by atomic mass is 10.1. The molecule has 0 spiro atoms. The molecule has 2 aromatic rings. The summed E-state index contributed by atoms with van der Waals surface area (Å²) in [6.45, 7) is 7.11. The monoisotopic (exact) mass is 289 g/mol. The van der Waals surface area contributed by atoms with Crippen molar-refractivity contribution in [1.29, 1.82) is 0 Å². The summed E-state index contributed by atoms with van der Waals surface area (Å²) in [7, 11) is 0. The van der Waals surface area contributed by atoms with Gasteiger partial charge in [0.1, 0.15) is 17.3 Å². The number of hydrogen-bond acceptors (Lipinski definition) is 4. The van der Waals surface area contributed by atoms with Crippen LogP contribution in [-0.2, 0) is 11.2 Å². The van der Waals surface area contributed by atoms with Crippen molar-refractivity contribution in [3.05, 3.63) is 51.1 Å². The summed E-state index contributed by atoms with van der Waals surface area (Å²) < 4.78 is 5.46. The lowest BCUT2D eigenvalue weighted by Crippen LogP contribution is -2.31. The lowest BCUT2D eigenvalue weighted by Gasteiger charge is -2.12. The van der Waals surface area contributed by atoms with E-state index >= 15 is 0 Å². The van der Waals surface area contributed by atoms with Crippen LogP contribution >= 0.6 is 0 Å². The number of furan rings is 1. The van der Waals surface area contributed by atoms with Crippen LogP contribution in [0.3, 0.4) is 0 Å². The van der Waals surface area contributed by atoms with Crippen molar-refractivity contribution in [3.63, 3.8) is 0 Å². The molecule has 0 aliphatic rings. The fraction of sp³-hybridized carbons (Fsp3) is 0.400. The number of nitrogens with zero attached hydrogens (tertiary/aromatic N) is 1. The van der Waals surface area contributed by atoms with Crippen LogP contribution in [0.2, 0.25) is 0 Å². The fourth-order valence-corrected chi connectivity index (χ4v) is 2.17. The molecule has 0 unspecified atom stereocenters. The van der Waals surface area contributed by atoms with Gasteiger partial charge in [-0.25, -0.2) is 4.98 Å². The van der Waals surface area contributed by atoms with E-state index < -0.39 is 0 Å². The highest BCUT2D eigenvalue weighted by atomic mass is 16.3. The first kappa shape index (κ1) is 15.0. The van der Waals surface area contributed by atoms with Crippen molar-refractivity contribution < 1.29 is 9.21 Å². The van der Waals surface area contributed by atoms with Gasteiger partial charge in [0.2, 0.25) is 5.91 Å². The van der Waals surface area contributed by atoms with Crippen molar-refractivity contribution >= 4 is 5.91 Å². The Hall–Kier alpha value is -2.37. The van der Waals surface area contributed by atoms with E-state index in [0.717, 1.165) is 5.76 Å². The smallest absolute Gasteiger partial charge is 0.254 e. The van der Waals surface area contributed by atoms with Gasteiger partial charge in [0.05, 0.1) is 12.5 Å². The number of nitrogens with one attached hydrogen (secondary N) is 2. The summed E-state index contributed by atoms with van der Waals surface area (Å²) in [5.41, 5.74) is 0.700. The Morgan fingerprint density at radius 3 is 2.67 bits per heavy atom. The van der Waals surface area contributed by atoms with Crippen LogP contribution in [0.15, 0.2) is 21.3 Å². The van der Waals surface area contributed by atoms with E-state index in [1.807, 2.05) is 26.0 Å². The van der Waals surface area contributed by atoms with Crippen LogP contribution in [0.4, 0.5) is 0 Å². The van der Waals surface area contributed by atoms with Crippen LogP contribution in [-0.4, -0.2) is 15.9 Å². The molecule has 1 atom stereocenters. The number of rotatable bonds is 4. The maximum atomic E-state index is 12.1. The number of aromatic amines is 1. The third-order valence-electron chi connectivity index (χ3n) is 3.24. The average molecular weight is 289 g/mol. The van der Waals surface area contributed by atoms with Crippen LogP contribution in [0, 0.1) is 20.8 Å². The first-order valence-electron chi connectivity index (χ1n) is 6.79. The molecule has 21 heavy (non-hydrogen) atoms. The quantitative estimate of drug-likeness (QED) is 0.896. The van der Waals surface area contributed by atoms with E-state index in [2.05, 4.69) is 15.3 Å². The van der Waals surface area contributed by atoms with Crippen molar-refractivity contribution in [2.45, 2.75) is 40.2 Å². The van der Waals surface area contributed by atoms with Crippen LogP contribution in [0.5, 0.6) is 0 Å². The summed E-state index contributed by atoms with van der Waals surface area (Å²) in [5, 5.41) is 2.81. The predicted octanol–water partition coefficient (Wildman–Crippen LogP) is 1.71. The van der Waals surface area contributed by atoms with E-state index in [1.54, 1.807) is 13.8 Å². The fourth-order valence-electron chi connectivity index (χ4n) is 2.17. The lowest BCUT2D eigenvalue weighted by molar-refractivity contribution is -0.121. The Kier molecular flexibility index (Phi) is 4.26. The van der Waals surface area contributed by atoms with Gasteiger partial charge in [-0.05, 0) is 39.8 Å². The van der Waals surface area contributed by atoms with Gasteiger partial charge in [0, 0.05) is 11.3 Å². The highest BCUT2D eigenvalue weighted by Crippen LogP contribution is 2.15. The van der Waals surface area contributed by atoms with Crippen molar-refractivity contribution in [3.8, 4) is 0 Å². The minimum Gasteiger partial charge on any atom is -0.464 e. The Bertz CT molecular complexity index is 715. The van der Waals surface area contributed by atoms with E-state index in [-0.39, 0.29) is 23.9 Å². The molecular weight excluding hydrogens is 270 g/mol. The van der Waals surface area contributed by atoms with Crippen molar-refractivity contribution in [1.82, 2.24) is 15.3 Å². The van der Waals surface area contributed by atoms with Gasteiger partial charge in [0.25, 0.3) is 5.56 Å². The minimum atomic E-state index is -0.267. The van der Waals surface area contributed by atoms with Crippen molar-refractivity contribution in [2.24, 2.45) is 0 Å². The van der Waals surface area contributed by atoms with Gasteiger partial charge in [-0.15, -0.1) is 0 Å². The Balaban J connectivity index is 2.07. The molecule has 2 aromatic heterocycles. The molecule has 0 aliphatic heterocycles. The second kappa shape index (κ2) is 5.95. The number of carbonyl (C=O) groups excluding carboxylic acids is 1. The van der Waals surface area contributed by atoms with Gasteiger partial charge in [-0.1, -0.05) is 0 Å². The summed E-state index contributed by atoms with van der Waals surface area (Å²) in [6.07, 6.45) is -0.00151. The standard InChI is InChI=1S/C15H19N3O3/c1-8-5-6-13(21-8)10(3)17-14(19)7-12-9(2)16-11(4)18-15(12)20/h5-6,10H,7H2,1-4H3,(H,17,19)(H,16,18,20)/t10-/m1/s1. The van der Waals surface area contributed by atoms with Crippen molar-refractivity contribution in [2.75, 3.05) is 0 Å². The van der Waals surface area contributed by atoms with E-state index in [9.17, 15) is 9.59 Å². The molecule has 0 saturated carbocycles. The van der Waals surface area contributed by atoms with Gasteiger partial charge < -0.3 is 14.7 Å². The maximum Gasteiger partial charge on any atom is 0.254 e. The highest BCUT2D eigenvalue weighted by Gasteiger charge is 2.16. The zero-order valence-corrected chi connectivity index (χ0v) is 12.6. The Labute approximate surface area is 122 Å². The van der Waals surface area contributed by atoms with Crippen LogP contribution in [0.25, 0.3) is 0 Å². The zero-order valence-electron chi connectivity index (χ0n) is 12.6. The highest BCUT2D eigenvalue weighted by molar-refractivity contribution is 5.79. The molecule has 112 valence electrons. The van der Waals surface area contributed by atoms with Gasteiger partial charge in [-0.3, -0.25) is 9.59 Å². The molecule has 0 radical (unpaired) electrons. The number of aryl methyl sites for hydroxylation is 3. The van der Waals surface area contributed by atoms with Gasteiger partial charge >= 0.3 is 0 Å². The molecule has 2 heterocycles. The number of H-pyrrole nitrogens is 1. The second-order valence-electron chi connectivity index (χ2n) is 5.13. The largest absolute Gasteiger partial charge is 0.464 e. The molecule has 0 saturated heterocycles. The number of carbonyl (C=O) groups is 1. The van der Waals surface area contributed by atoms with Gasteiger partial charge in [-0.2, -0.15) is 0 Å². The summed E-state index contributed by atoms with van der Waals surface area (Å²) in [4.78, 5) is 30.7. The molecule has 2 rings (SSSR count). The average Bonchev–Trinajstić information content (AvgIpc) is 2.80. The molecule has 6 nitrogen and oxygen atoms in total. The first-order valence-corrected chi connectivity index (χ1v) is 6.79. The first-order chi connectivity index (χ1) is 9.86. The van der Waals surface area contributed by atoms with E-state index in [0.29, 0.717) is 22.8 Å². The Morgan fingerprint density at radius 2 is 2.10 bits per heavy atom.